The highest BCUT2D eigenvalue weighted by Crippen LogP contribution is 2.52. The number of rotatable bonds is 12. The van der Waals surface area contributed by atoms with Gasteiger partial charge in [-0.05, 0) is 43.7 Å². The van der Waals surface area contributed by atoms with Crippen LogP contribution < -0.4 is 20.3 Å². The van der Waals surface area contributed by atoms with Crippen molar-refractivity contribution in [1.82, 2.24) is 19.4 Å². The summed E-state index contributed by atoms with van der Waals surface area (Å²) >= 11 is 0. The third-order valence-electron chi connectivity index (χ3n) is 8.77. The van der Waals surface area contributed by atoms with Gasteiger partial charge in [-0.3, -0.25) is 9.46 Å². The second-order valence-corrected chi connectivity index (χ2v) is 14.1. The summed E-state index contributed by atoms with van der Waals surface area (Å²) in [6.07, 6.45) is -2.32. The Morgan fingerprint density at radius 2 is 1.84 bits per heavy atom. The van der Waals surface area contributed by atoms with E-state index >= 15 is 0 Å². The van der Waals surface area contributed by atoms with Crippen molar-refractivity contribution in [2.24, 2.45) is 7.05 Å². The van der Waals surface area contributed by atoms with Crippen LogP contribution in [-0.4, -0.2) is 90.3 Å². The first-order valence-electron chi connectivity index (χ1n) is 16.3. The number of alkyl halides is 3. The number of nitrogens with one attached hydrogen (secondary N) is 2. The Labute approximate surface area is 287 Å². The van der Waals surface area contributed by atoms with Crippen LogP contribution in [0.5, 0.6) is 11.6 Å². The van der Waals surface area contributed by atoms with Crippen LogP contribution in [0.25, 0.3) is 10.8 Å². The van der Waals surface area contributed by atoms with Crippen LogP contribution in [-0.2, 0) is 37.7 Å². The van der Waals surface area contributed by atoms with Gasteiger partial charge in [0.15, 0.2) is 0 Å². The molecule has 270 valence electrons. The van der Waals surface area contributed by atoms with E-state index in [1.165, 1.54) is 11.7 Å². The van der Waals surface area contributed by atoms with Crippen molar-refractivity contribution >= 4 is 47.2 Å². The number of hydrogen-bond donors (Lipinski definition) is 3. The van der Waals surface area contributed by atoms with E-state index in [2.05, 4.69) is 30.4 Å². The van der Waals surface area contributed by atoms with Gasteiger partial charge in [0.25, 0.3) is 0 Å². The largest absolute Gasteiger partial charge is 0.495 e. The number of benzene rings is 2. The number of aryl methyl sites for hydroxylation is 1. The van der Waals surface area contributed by atoms with Gasteiger partial charge in [0, 0.05) is 56.7 Å². The number of nitrogens with zero attached hydrogens (tertiary/aromatic N) is 5. The summed E-state index contributed by atoms with van der Waals surface area (Å²) in [5, 5.41) is 17.9. The monoisotopic (exact) mass is 719 g/mol. The molecule has 1 atom stereocenters. The number of anilines is 5. The van der Waals surface area contributed by atoms with E-state index in [4.69, 9.17) is 18.5 Å². The van der Waals surface area contributed by atoms with Gasteiger partial charge in [-0.1, -0.05) is 6.07 Å². The van der Waals surface area contributed by atoms with Crippen LogP contribution in [0.1, 0.15) is 25.0 Å². The molecule has 50 heavy (non-hydrogen) atoms. The molecule has 3 N–H and O–H groups in total. The molecule has 1 unspecified atom stereocenters. The molecule has 17 heteroatoms. The van der Waals surface area contributed by atoms with Crippen molar-refractivity contribution in [1.29, 1.82) is 0 Å². The minimum absolute atomic E-state index is 0.000953. The number of halogens is 3. The lowest BCUT2D eigenvalue weighted by molar-refractivity contribution is -0.137. The number of piperazine rings is 1. The van der Waals surface area contributed by atoms with Gasteiger partial charge in [-0.2, -0.15) is 18.2 Å². The topological polar surface area (TPSA) is 135 Å². The molecular formula is C33H41F3N7O6P. The zero-order valence-electron chi connectivity index (χ0n) is 28.3. The van der Waals surface area contributed by atoms with Gasteiger partial charge < -0.3 is 43.7 Å². The quantitative estimate of drug-likeness (QED) is 0.139. The number of aromatic hydroxyl groups is 1. The van der Waals surface area contributed by atoms with Crippen LogP contribution in [0.2, 0.25) is 0 Å². The minimum Gasteiger partial charge on any atom is -0.495 e. The van der Waals surface area contributed by atoms with E-state index < -0.39 is 25.2 Å². The van der Waals surface area contributed by atoms with E-state index in [0.29, 0.717) is 47.2 Å². The molecule has 2 aromatic heterocycles. The Bertz CT molecular complexity index is 1880. The number of hydrogen-bond acceptors (Lipinski definition) is 12. The fourth-order valence-electron chi connectivity index (χ4n) is 6.43. The highest BCUT2D eigenvalue weighted by molar-refractivity contribution is 7.53. The lowest BCUT2D eigenvalue weighted by Crippen LogP contribution is -2.58. The van der Waals surface area contributed by atoms with E-state index in [1.54, 1.807) is 51.4 Å². The molecule has 2 aliphatic heterocycles. The normalized spacial score (nSPS) is 17.2. The third kappa shape index (κ3) is 7.49. The number of ether oxygens (including phenoxy) is 2. The molecule has 4 aromatic rings. The van der Waals surface area contributed by atoms with Crippen LogP contribution in [0.3, 0.4) is 0 Å². The molecule has 6 rings (SSSR count). The zero-order chi connectivity index (χ0) is 35.6. The summed E-state index contributed by atoms with van der Waals surface area (Å²) < 4.78 is 79.5. The number of aromatic nitrogens is 3. The molecular weight excluding hydrogens is 678 g/mol. The molecule has 2 aromatic carbocycles. The van der Waals surface area contributed by atoms with Gasteiger partial charge in [0.2, 0.25) is 11.8 Å². The molecule has 0 aliphatic carbocycles. The van der Waals surface area contributed by atoms with Crippen LogP contribution in [0, 0.1) is 0 Å². The first kappa shape index (κ1) is 35.7. The summed E-state index contributed by atoms with van der Waals surface area (Å²) in [6, 6.07) is 8.66. The second-order valence-electron chi connectivity index (χ2n) is 12.0. The molecule has 4 heterocycles. The Morgan fingerprint density at radius 1 is 1.08 bits per heavy atom. The summed E-state index contributed by atoms with van der Waals surface area (Å²) in [5.41, 5.74) is 0.987. The number of methoxy groups -OCH3 is 1. The average molecular weight is 720 g/mol. The Morgan fingerprint density at radius 3 is 2.56 bits per heavy atom. The van der Waals surface area contributed by atoms with Crippen molar-refractivity contribution in [2.75, 3.05) is 75.2 Å². The third-order valence-corrected chi connectivity index (χ3v) is 10.8. The maximum Gasteiger partial charge on any atom is 0.421 e. The minimum atomic E-state index is -4.78. The molecule has 2 saturated heterocycles. The van der Waals surface area contributed by atoms with Gasteiger partial charge in [0.05, 0.1) is 62.5 Å². The number of morpholine rings is 1. The molecule has 0 radical (unpaired) electrons. The molecule has 0 bridgehead atoms. The predicted molar refractivity (Wildman–Crippen MR) is 184 cm³/mol. The van der Waals surface area contributed by atoms with E-state index in [0.717, 1.165) is 31.9 Å². The lowest BCUT2D eigenvalue weighted by atomic mass is 10.1. The van der Waals surface area contributed by atoms with Crippen molar-refractivity contribution in [3.05, 3.63) is 53.9 Å². The van der Waals surface area contributed by atoms with Gasteiger partial charge >= 0.3 is 13.8 Å². The van der Waals surface area contributed by atoms with Crippen molar-refractivity contribution in [3.8, 4) is 11.6 Å². The van der Waals surface area contributed by atoms with Crippen LogP contribution >= 0.6 is 7.60 Å². The molecule has 2 fully saturated rings. The smallest absolute Gasteiger partial charge is 0.421 e. The Kier molecular flexibility index (Phi) is 10.5. The SMILES string of the molecule is CCOP(=O)(Cc1ccc(Nc2ncc(C(F)(F)F)c(Nc3ccc(N4CCN5CCOCC5C4)c4cn(C)c(O)c34)n2)c(OC)c1)OCC. The van der Waals surface area contributed by atoms with E-state index in [1.807, 2.05) is 6.07 Å². The van der Waals surface area contributed by atoms with Crippen molar-refractivity contribution in [2.45, 2.75) is 32.2 Å². The Hall–Kier alpha value is -4.08. The van der Waals surface area contributed by atoms with Crippen LogP contribution in [0.4, 0.5) is 42.0 Å². The molecule has 2 aliphatic rings. The highest BCUT2D eigenvalue weighted by Gasteiger charge is 2.36. The number of fused-ring (bicyclic) bond motifs is 2. The fraction of sp³-hybridized carbons (Fsp3) is 0.455. The molecule has 0 amide bonds. The summed E-state index contributed by atoms with van der Waals surface area (Å²) in [6.45, 7) is 8.43. The zero-order valence-corrected chi connectivity index (χ0v) is 29.2. The van der Waals surface area contributed by atoms with Gasteiger partial charge in [0.1, 0.15) is 17.1 Å². The first-order valence-corrected chi connectivity index (χ1v) is 18.1. The maximum absolute atomic E-state index is 14.3. The maximum atomic E-state index is 14.3. The standard InChI is InChI=1S/C33H41F3N7O6P/c1-5-48-50(45,49-6-2)20-21-7-8-25(28(15-21)46-4)39-32-37-16-24(33(34,35)36)30(40-32)38-26-9-10-27(23-18-41(3)31(44)29(23)26)43-12-11-42-13-14-47-19-22(42)17-43/h7-10,15-16,18,22,44H,5-6,11-14,17,19-20H2,1-4H3,(H2,37,38,39,40). The molecule has 0 spiro atoms. The highest BCUT2D eigenvalue weighted by atomic mass is 31.2. The van der Waals surface area contributed by atoms with Crippen LogP contribution in [0.15, 0.2) is 42.7 Å². The summed E-state index contributed by atoms with van der Waals surface area (Å²) in [7, 11) is -0.291. The Balaban J connectivity index is 1.31. The van der Waals surface area contributed by atoms with Crippen molar-refractivity contribution < 1.29 is 41.4 Å². The first-order chi connectivity index (χ1) is 23.9. The average Bonchev–Trinajstić information content (AvgIpc) is 3.38. The lowest BCUT2D eigenvalue weighted by Gasteiger charge is -2.44. The van der Waals surface area contributed by atoms with Crippen molar-refractivity contribution in [3.63, 3.8) is 0 Å². The molecule has 13 nitrogen and oxygen atoms in total. The van der Waals surface area contributed by atoms with E-state index in [-0.39, 0.29) is 42.9 Å². The van der Waals surface area contributed by atoms with Gasteiger partial charge in [-0.15, -0.1) is 0 Å². The van der Waals surface area contributed by atoms with Gasteiger partial charge in [-0.25, -0.2) is 4.98 Å². The molecule has 0 saturated carbocycles. The summed E-state index contributed by atoms with van der Waals surface area (Å²) in [5.74, 6) is -0.441. The van der Waals surface area contributed by atoms with E-state index in [9.17, 15) is 22.8 Å². The second kappa shape index (κ2) is 14.6. The fourth-order valence-corrected chi connectivity index (χ4v) is 8.12. The predicted octanol–water partition coefficient (Wildman–Crippen LogP) is 6.48. The summed E-state index contributed by atoms with van der Waals surface area (Å²) in [4.78, 5) is 12.8.